The first-order chi connectivity index (χ1) is 13.3. The van der Waals surface area contributed by atoms with Gasteiger partial charge in [-0.1, -0.05) is 46.6 Å². The molecule has 4 nitrogen and oxygen atoms in total. The third kappa shape index (κ3) is 15.5. The van der Waals surface area contributed by atoms with Crippen molar-refractivity contribution in [3.8, 4) is 0 Å². The van der Waals surface area contributed by atoms with Gasteiger partial charge in [0.05, 0.1) is 0 Å². The molecule has 5 heteroatoms. The molecule has 0 spiro atoms. The summed E-state index contributed by atoms with van der Waals surface area (Å²) in [5.74, 6) is -0.257. The van der Waals surface area contributed by atoms with Crippen molar-refractivity contribution in [1.29, 1.82) is 0 Å². The molecule has 0 aromatic heterocycles. The Morgan fingerprint density at radius 2 is 1.32 bits per heavy atom. The molecule has 1 atom stereocenters. The third-order valence-corrected chi connectivity index (χ3v) is 4.85. The first-order valence-electron chi connectivity index (χ1n) is 10.1. The molecule has 1 amide bonds. The highest BCUT2D eigenvalue weighted by Gasteiger charge is 2.11. The number of amides is 1. The largest absolute Gasteiger partial charge is 0.350 e. The van der Waals surface area contributed by atoms with E-state index in [0.29, 0.717) is 6.54 Å². The molecule has 0 saturated carbocycles. The standard InChI is InChI=1S/C23H38NO3P/c1-18(2)10-7-11-19(3)12-8-13-20(4)14-9-15-21(5)16-17-24-23(25)22(6)27-28-26/h10,12,14,16,22H,7-9,11,13,15,17H2,1-6H3,(H,24,25). The van der Waals surface area contributed by atoms with Crippen LogP contribution in [0.15, 0.2) is 46.6 Å². The molecule has 28 heavy (non-hydrogen) atoms. The van der Waals surface area contributed by atoms with Crippen molar-refractivity contribution < 1.29 is 13.9 Å². The maximum absolute atomic E-state index is 11.6. The van der Waals surface area contributed by atoms with Gasteiger partial charge in [-0.15, -0.1) is 0 Å². The van der Waals surface area contributed by atoms with Gasteiger partial charge in [0.25, 0.3) is 0 Å². The molecule has 0 aromatic carbocycles. The fraction of sp³-hybridized carbons (Fsp3) is 0.609. The van der Waals surface area contributed by atoms with Crippen molar-refractivity contribution in [3.05, 3.63) is 46.6 Å². The number of hydrogen-bond donors (Lipinski definition) is 1. The van der Waals surface area contributed by atoms with Gasteiger partial charge in [0.2, 0.25) is 5.91 Å². The van der Waals surface area contributed by atoms with Crippen molar-refractivity contribution in [1.82, 2.24) is 5.32 Å². The summed E-state index contributed by atoms with van der Waals surface area (Å²) in [5, 5.41) is 2.75. The lowest BCUT2D eigenvalue weighted by molar-refractivity contribution is -0.126. The van der Waals surface area contributed by atoms with Crippen LogP contribution in [0, 0.1) is 0 Å². The molecule has 0 saturated heterocycles. The fourth-order valence-corrected chi connectivity index (χ4v) is 2.79. The zero-order valence-corrected chi connectivity index (χ0v) is 19.4. The van der Waals surface area contributed by atoms with E-state index < -0.39 is 14.8 Å². The molecule has 158 valence electrons. The smallest absolute Gasteiger partial charge is 0.328 e. The van der Waals surface area contributed by atoms with Gasteiger partial charge in [-0.05, 0) is 80.1 Å². The van der Waals surface area contributed by atoms with Gasteiger partial charge < -0.3 is 5.32 Å². The van der Waals surface area contributed by atoms with Gasteiger partial charge in [-0.2, -0.15) is 0 Å². The highest BCUT2D eigenvalue weighted by atomic mass is 31.1. The zero-order valence-electron chi connectivity index (χ0n) is 18.5. The van der Waals surface area contributed by atoms with E-state index >= 15 is 0 Å². The van der Waals surface area contributed by atoms with Crippen molar-refractivity contribution in [2.75, 3.05) is 6.54 Å². The predicted molar refractivity (Wildman–Crippen MR) is 120 cm³/mol. The lowest BCUT2D eigenvalue weighted by Crippen LogP contribution is -2.33. The van der Waals surface area contributed by atoms with Gasteiger partial charge in [0.1, 0.15) is 6.10 Å². The molecule has 0 heterocycles. The number of allylic oxidation sites excluding steroid dienone is 7. The van der Waals surface area contributed by atoms with Gasteiger partial charge in [0.15, 0.2) is 0 Å². The van der Waals surface area contributed by atoms with E-state index in [4.69, 9.17) is 4.52 Å². The predicted octanol–water partition coefficient (Wildman–Crippen LogP) is 6.86. The quantitative estimate of drug-likeness (QED) is 0.253. The maximum Gasteiger partial charge on any atom is 0.328 e. The van der Waals surface area contributed by atoms with Crippen LogP contribution in [0.4, 0.5) is 0 Å². The van der Waals surface area contributed by atoms with Crippen molar-refractivity contribution >= 4 is 14.6 Å². The summed E-state index contributed by atoms with van der Waals surface area (Å²) < 4.78 is 15.0. The molecule has 0 rings (SSSR count). The Bertz CT molecular complexity index is 599. The van der Waals surface area contributed by atoms with Crippen LogP contribution in [0.2, 0.25) is 0 Å². The molecule has 1 N–H and O–H groups in total. The van der Waals surface area contributed by atoms with Crippen LogP contribution in [-0.2, 0) is 13.9 Å². The molecule has 0 aromatic rings. The molecule has 0 radical (unpaired) electrons. The average molecular weight is 408 g/mol. The maximum atomic E-state index is 11.6. The molecule has 0 fully saturated rings. The Hall–Kier alpha value is -1.51. The van der Waals surface area contributed by atoms with Gasteiger partial charge in [-0.25, -0.2) is 4.57 Å². The summed E-state index contributed by atoms with van der Waals surface area (Å²) in [6.45, 7) is 12.8. The SMILES string of the molecule is CC(C)=CCCC(C)=CCCC(C)=CCCC(C)=CCNC(=O)C(C)OP=O. The average Bonchev–Trinajstić information content (AvgIpc) is 2.61. The Kier molecular flexibility index (Phi) is 15.6. The summed E-state index contributed by atoms with van der Waals surface area (Å²) in [6, 6.07) is 0. The zero-order chi connectivity index (χ0) is 21.4. The molecule has 0 aliphatic rings. The molecular formula is C23H38NO3P. The minimum Gasteiger partial charge on any atom is -0.350 e. The number of hydrogen-bond acceptors (Lipinski definition) is 3. The minimum absolute atomic E-state index is 0.257. The van der Waals surface area contributed by atoms with Crippen molar-refractivity contribution in [2.45, 2.75) is 86.2 Å². The van der Waals surface area contributed by atoms with Gasteiger partial charge >= 0.3 is 8.69 Å². The monoisotopic (exact) mass is 407 g/mol. The van der Waals surface area contributed by atoms with Crippen LogP contribution in [0.3, 0.4) is 0 Å². The van der Waals surface area contributed by atoms with Crippen molar-refractivity contribution in [3.63, 3.8) is 0 Å². The van der Waals surface area contributed by atoms with Crippen LogP contribution in [0.25, 0.3) is 0 Å². The minimum atomic E-state index is -0.705. The highest BCUT2D eigenvalue weighted by molar-refractivity contribution is 7.17. The van der Waals surface area contributed by atoms with Crippen LogP contribution in [0.1, 0.15) is 80.1 Å². The lowest BCUT2D eigenvalue weighted by atomic mass is 10.0. The van der Waals surface area contributed by atoms with E-state index in [1.165, 1.54) is 22.3 Å². The summed E-state index contributed by atoms with van der Waals surface area (Å²) in [5.41, 5.74) is 5.54. The summed E-state index contributed by atoms with van der Waals surface area (Å²) in [7, 11) is -0.475. The van der Waals surface area contributed by atoms with Crippen LogP contribution < -0.4 is 5.32 Å². The van der Waals surface area contributed by atoms with Crippen molar-refractivity contribution in [2.24, 2.45) is 0 Å². The normalized spacial score (nSPS) is 14.1. The first kappa shape index (κ1) is 26.5. The Balaban J connectivity index is 4.07. The third-order valence-electron chi connectivity index (χ3n) is 4.45. The molecule has 0 aliphatic heterocycles. The van der Waals surface area contributed by atoms with E-state index in [1.54, 1.807) is 6.92 Å². The number of carbonyl (C=O) groups is 1. The van der Waals surface area contributed by atoms with Crippen LogP contribution in [0.5, 0.6) is 0 Å². The van der Waals surface area contributed by atoms with E-state index in [0.717, 1.165) is 38.5 Å². The summed E-state index contributed by atoms with van der Waals surface area (Å²) >= 11 is 0. The molecule has 1 unspecified atom stereocenters. The molecule has 0 aliphatic carbocycles. The molecule has 0 bridgehead atoms. The van der Waals surface area contributed by atoms with E-state index in [2.05, 4.69) is 58.2 Å². The fourth-order valence-electron chi connectivity index (χ4n) is 2.57. The Morgan fingerprint density at radius 3 is 1.79 bits per heavy atom. The van der Waals surface area contributed by atoms with Gasteiger partial charge in [0, 0.05) is 6.54 Å². The van der Waals surface area contributed by atoms with Crippen LogP contribution in [-0.4, -0.2) is 18.6 Å². The molecular weight excluding hydrogens is 369 g/mol. The van der Waals surface area contributed by atoms with E-state index in [1.807, 2.05) is 6.08 Å². The summed E-state index contributed by atoms with van der Waals surface area (Å²) in [6.07, 6.45) is 14.8. The summed E-state index contributed by atoms with van der Waals surface area (Å²) in [4.78, 5) is 11.6. The number of carbonyl (C=O) groups excluding carboxylic acids is 1. The van der Waals surface area contributed by atoms with Gasteiger partial charge in [-0.3, -0.25) is 9.32 Å². The first-order valence-corrected chi connectivity index (χ1v) is 10.9. The van der Waals surface area contributed by atoms with E-state index in [9.17, 15) is 9.36 Å². The topological polar surface area (TPSA) is 55.4 Å². The number of rotatable bonds is 14. The van der Waals surface area contributed by atoms with E-state index in [-0.39, 0.29) is 5.91 Å². The second kappa shape index (κ2) is 16.4. The Labute approximate surface area is 173 Å². The second-order valence-corrected chi connectivity index (χ2v) is 7.98. The highest BCUT2D eigenvalue weighted by Crippen LogP contribution is 2.13. The van der Waals surface area contributed by atoms with Crippen LogP contribution >= 0.6 is 8.69 Å². The second-order valence-electron chi connectivity index (χ2n) is 7.62. The number of nitrogens with one attached hydrogen (secondary N) is 1. The Morgan fingerprint density at radius 1 is 0.857 bits per heavy atom. The lowest BCUT2D eigenvalue weighted by Gasteiger charge is -2.07.